The maximum atomic E-state index is 10.8. The van der Waals surface area contributed by atoms with Crippen LogP contribution in [0.2, 0.25) is 0 Å². The van der Waals surface area contributed by atoms with Crippen molar-refractivity contribution in [1.82, 2.24) is 15.5 Å². The smallest absolute Gasteiger partial charge is 0.390 e. The summed E-state index contributed by atoms with van der Waals surface area (Å²) in [5.41, 5.74) is -0.344. The third-order valence-corrected chi connectivity index (χ3v) is 1.17. The van der Waals surface area contributed by atoms with Gasteiger partial charge in [0.2, 0.25) is 5.88 Å². The fourth-order valence-corrected chi connectivity index (χ4v) is 0.664. The predicted molar refractivity (Wildman–Crippen MR) is 44.6 cm³/mol. The highest BCUT2D eigenvalue weighted by Crippen LogP contribution is 1.98. The summed E-state index contributed by atoms with van der Waals surface area (Å²) < 4.78 is 4.68. The van der Waals surface area contributed by atoms with Crippen molar-refractivity contribution >= 4 is 6.09 Å². The minimum absolute atomic E-state index is 0.0607. The minimum Gasteiger partial charge on any atom is -0.390 e. The van der Waals surface area contributed by atoms with Crippen molar-refractivity contribution < 1.29 is 9.53 Å². The highest BCUT2D eigenvalue weighted by Gasteiger charge is 2.02. The van der Waals surface area contributed by atoms with Crippen molar-refractivity contribution in [2.45, 2.75) is 6.92 Å². The third kappa shape index (κ3) is 2.94. The molecule has 1 aromatic heterocycles. The van der Waals surface area contributed by atoms with Crippen LogP contribution in [0.4, 0.5) is 4.79 Å². The molecule has 1 aromatic rings. The van der Waals surface area contributed by atoms with Gasteiger partial charge in [-0.3, -0.25) is 4.79 Å². The van der Waals surface area contributed by atoms with Crippen LogP contribution in [0.15, 0.2) is 16.9 Å². The van der Waals surface area contributed by atoms with Gasteiger partial charge in [0.1, 0.15) is 0 Å². The van der Waals surface area contributed by atoms with Crippen LogP contribution in [0.1, 0.15) is 6.92 Å². The Kier molecular flexibility index (Phi) is 3.02. The molecule has 6 heteroatoms. The molecule has 1 heterocycles. The van der Waals surface area contributed by atoms with Crippen molar-refractivity contribution in [2.75, 3.05) is 6.54 Å². The number of hydrogen-bond acceptors (Lipinski definition) is 4. The molecule has 0 unspecified atom stereocenters. The van der Waals surface area contributed by atoms with Gasteiger partial charge in [0, 0.05) is 18.7 Å². The maximum absolute atomic E-state index is 10.8. The van der Waals surface area contributed by atoms with Crippen LogP contribution in [0.25, 0.3) is 0 Å². The van der Waals surface area contributed by atoms with Crippen molar-refractivity contribution in [2.24, 2.45) is 0 Å². The molecule has 0 fully saturated rings. The van der Waals surface area contributed by atoms with Gasteiger partial charge in [0.15, 0.2) is 0 Å². The zero-order valence-electron chi connectivity index (χ0n) is 7.03. The number of ether oxygens (including phenoxy) is 1. The molecule has 0 saturated carbocycles. The molecule has 1 amide bonds. The summed E-state index contributed by atoms with van der Waals surface area (Å²) >= 11 is 0. The van der Waals surface area contributed by atoms with Gasteiger partial charge in [0.25, 0.3) is 5.56 Å². The molecule has 0 spiro atoms. The Balaban J connectivity index is 2.59. The third-order valence-electron chi connectivity index (χ3n) is 1.17. The molecule has 0 saturated heterocycles. The van der Waals surface area contributed by atoms with Crippen molar-refractivity contribution in [3.63, 3.8) is 0 Å². The Morgan fingerprint density at radius 1 is 1.69 bits per heavy atom. The quantitative estimate of drug-likeness (QED) is 0.669. The van der Waals surface area contributed by atoms with E-state index in [1.54, 1.807) is 6.92 Å². The fraction of sp³-hybridized carbons (Fsp3) is 0.286. The van der Waals surface area contributed by atoms with Gasteiger partial charge < -0.3 is 10.1 Å². The second-order valence-electron chi connectivity index (χ2n) is 2.18. The molecule has 0 aromatic carbocycles. The lowest BCUT2D eigenvalue weighted by molar-refractivity contribution is 0.198. The lowest BCUT2D eigenvalue weighted by Gasteiger charge is -2.01. The SMILES string of the molecule is CCNC(=O)Oc1ccc(=O)[nH]n1. The molecule has 0 bridgehead atoms. The Labute approximate surface area is 73.9 Å². The van der Waals surface area contributed by atoms with Gasteiger partial charge in [-0.15, -0.1) is 5.10 Å². The van der Waals surface area contributed by atoms with E-state index < -0.39 is 6.09 Å². The zero-order valence-corrected chi connectivity index (χ0v) is 7.03. The van der Waals surface area contributed by atoms with E-state index in [9.17, 15) is 9.59 Å². The molecule has 0 aliphatic heterocycles. The molecule has 0 aliphatic carbocycles. The number of nitrogens with zero attached hydrogens (tertiary/aromatic N) is 1. The summed E-state index contributed by atoms with van der Waals surface area (Å²) in [5, 5.41) is 8.03. The molecule has 2 N–H and O–H groups in total. The molecule has 6 nitrogen and oxygen atoms in total. The first kappa shape index (κ1) is 9.24. The molecule has 0 atom stereocenters. The van der Waals surface area contributed by atoms with E-state index in [1.807, 2.05) is 0 Å². The summed E-state index contributed by atoms with van der Waals surface area (Å²) in [6.07, 6.45) is -0.595. The predicted octanol–water partition coefficient (Wildman–Crippen LogP) is -0.122. The maximum Gasteiger partial charge on any atom is 0.413 e. The van der Waals surface area contributed by atoms with Gasteiger partial charge in [-0.2, -0.15) is 0 Å². The van der Waals surface area contributed by atoms with Crippen LogP contribution >= 0.6 is 0 Å². The second kappa shape index (κ2) is 4.24. The van der Waals surface area contributed by atoms with Crippen LogP contribution in [0.5, 0.6) is 5.88 Å². The second-order valence-corrected chi connectivity index (χ2v) is 2.18. The number of aromatic amines is 1. The number of nitrogens with one attached hydrogen (secondary N) is 2. The molecule has 13 heavy (non-hydrogen) atoms. The molecule has 70 valence electrons. The molecular formula is C7H9N3O3. The van der Waals surface area contributed by atoms with E-state index in [-0.39, 0.29) is 11.4 Å². The normalized spacial score (nSPS) is 9.31. The Bertz CT molecular complexity index is 327. The van der Waals surface area contributed by atoms with Crippen molar-refractivity contribution in [3.8, 4) is 5.88 Å². The molecule has 0 radical (unpaired) electrons. The van der Waals surface area contributed by atoms with E-state index >= 15 is 0 Å². The number of hydrogen-bond donors (Lipinski definition) is 2. The van der Waals surface area contributed by atoms with E-state index in [4.69, 9.17) is 0 Å². The zero-order chi connectivity index (χ0) is 9.68. The summed E-state index contributed by atoms with van der Waals surface area (Å²) in [5.74, 6) is 0.0607. The van der Waals surface area contributed by atoms with E-state index in [0.717, 1.165) is 0 Å². The van der Waals surface area contributed by atoms with Gasteiger partial charge in [-0.05, 0) is 6.92 Å². The first-order valence-corrected chi connectivity index (χ1v) is 3.74. The molecule has 0 aliphatic rings. The first-order valence-electron chi connectivity index (χ1n) is 3.74. The Hall–Kier alpha value is -1.85. The molecular weight excluding hydrogens is 174 g/mol. The lowest BCUT2D eigenvalue weighted by atomic mass is 10.6. The van der Waals surface area contributed by atoms with Crippen LogP contribution < -0.4 is 15.6 Å². The summed E-state index contributed by atoms with van der Waals surface area (Å²) in [4.78, 5) is 21.4. The summed E-state index contributed by atoms with van der Waals surface area (Å²) in [6, 6.07) is 2.54. The van der Waals surface area contributed by atoms with E-state index in [0.29, 0.717) is 6.54 Å². The Morgan fingerprint density at radius 3 is 3.00 bits per heavy atom. The number of H-pyrrole nitrogens is 1. The average Bonchev–Trinajstić information content (AvgIpc) is 2.09. The number of carbonyl (C=O) groups excluding carboxylic acids is 1. The average molecular weight is 183 g/mol. The number of carbonyl (C=O) groups is 1. The lowest BCUT2D eigenvalue weighted by Crippen LogP contribution is -2.26. The van der Waals surface area contributed by atoms with Crippen LogP contribution in [0, 0.1) is 0 Å². The largest absolute Gasteiger partial charge is 0.413 e. The van der Waals surface area contributed by atoms with Crippen LogP contribution in [-0.2, 0) is 0 Å². The van der Waals surface area contributed by atoms with Crippen molar-refractivity contribution in [3.05, 3.63) is 22.5 Å². The monoisotopic (exact) mass is 183 g/mol. The summed E-state index contributed by atoms with van der Waals surface area (Å²) in [6.45, 7) is 2.24. The topological polar surface area (TPSA) is 84.1 Å². The van der Waals surface area contributed by atoms with Gasteiger partial charge in [-0.25, -0.2) is 9.89 Å². The number of aromatic nitrogens is 2. The minimum atomic E-state index is -0.595. The van der Waals surface area contributed by atoms with Crippen molar-refractivity contribution in [1.29, 1.82) is 0 Å². The van der Waals surface area contributed by atoms with E-state index in [1.165, 1.54) is 12.1 Å². The van der Waals surface area contributed by atoms with Crippen LogP contribution in [-0.4, -0.2) is 22.8 Å². The molecule has 1 rings (SSSR count). The number of rotatable bonds is 2. The standard InChI is InChI=1S/C7H9N3O3/c1-2-8-7(12)13-6-4-3-5(11)9-10-6/h3-4H,2H2,1H3,(H,8,12)(H,9,11). The van der Waals surface area contributed by atoms with E-state index in [2.05, 4.69) is 20.3 Å². The van der Waals surface area contributed by atoms with Gasteiger partial charge in [0.05, 0.1) is 0 Å². The highest BCUT2D eigenvalue weighted by atomic mass is 16.6. The van der Waals surface area contributed by atoms with Gasteiger partial charge in [-0.1, -0.05) is 0 Å². The van der Waals surface area contributed by atoms with Gasteiger partial charge >= 0.3 is 6.09 Å². The number of amides is 1. The Morgan fingerprint density at radius 2 is 2.46 bits per heavy atom. The van der Waals surface area contributed by atoms with Crippen LogP contribution in [0.3, 0.4) is 0 Å². The summed E-state index contributed by atoms with van der Waals surface area (Å²) in [7, 11) is 0. The first-order chi connectivity index (χ1) is 6.22. The fourth-order valence-electron chi connectivity index (χ4n) is 0.664. The highest BCUT2D eigenvalue weighted by molar-refractivity contribution is 5.69.